The number of nitrogens with zero attached hydrogens (tertiary/aromatic N) is 1. The van der Waals surface area contributed by atoms with Gasteiger partial charge in [0.25, 0.3) is 0 Å². The molecule has 0 aliphatic heterocycles. The number of hydrogen-bond donors (Lipinski definition) is 0. The van der Waals surface area contributed by atoms with E-state index < -0.39 is 0 Å². The quantitative estimate of drug-likeness (QED) is 0.746. The maximum absolute atomic E-state index is 12.5. The highest BCUT2D eigenvalue weighted by Gasteiger charge is 2.23. The van der Waals surface area contributed by atoms with Gasteiger partial charge in [-0.25, -0.2) is 0 Å². The van der Waals surface area contributed by atoms with E-state index in [0.717, 1.165) is 23.8 Å². The third-order valence-corrected chi connectivity index (χ3v) is 4.69. The summed E-state index contributed by atoms with van der Waals surface area (Å²) in [4.78, 5) is 14.8. The molecule has 0 aromatic heterocycles. The van der Waals surface area contributed by atoms with Crippen LogP contribution < -0.4 is 4.74 Å². The summed E-state index contributed by atoms with van der Waals surface area (Å²) in [5.41, 5.74) is 0.763. The van der Waals surface area contributed by atoms with E-state index >= 15 is 0 Å². The predicted octanol–water partition coefficient (Wildman–Crippen LogP) is 3.78. The number of ketones is 1. The fourth-order valence-corrected chi connectivity index (χ4v) is 3.13. The van der Waals surface area contributed by atoms with Crippen LogP contribution in [0.15, 0.2) is 24.3 Å². The maximum atomic E-state index is 12.5. The number of rotatable bonds is 6. The molecule has 1 aliphatic carbocycles. The lowest BCUT2D eigenvalue weighted by Gasteiger charge is -2.30. The Bertz CT molecular complexity index is 449. The molecule has 0 saturated heterocycles. The van der Waals surface area contributed by atoms with Crippen molar-refractivity contribution >= 4 is 5.78 Å². The van der Waals surface area contributed by atoms with Crippen LogP contribution in [-0.2, 0) is 0 Å². The summed E-state index contributed by atoms with van der Waals surface area (Å²) in [7, 11) is 3.71. The van der Waals surface area contributed by atoms with Crippen molar-refractivity contribution in [3.63, 3.8) is 0 Å². The van der Waals surface area contributed by atoms with Crippen molar-refractivity contribution in [1.29, 1.82) is 0 Å². The third kappa shape index (κ3) is 4.31. The molecule has 0 N–H and O–H groups in total. The summed E-state index contributed by atoms with van der Waals surface area (Å²) in [5, 5.41) is 0. The molecule has 2 rings (SSSR count). The number of ether oxygens (including phenoxy) is 1. The molecular weight excluding hydrogens is 262 g/mol. The molecule has 1 aromatic carbocycles. The van der Waals surface area contributed by atoms with Crippen molar-refractivity contribution in [2.45, 2.75) is 45.1 Å². The fourth-order valence-electron chi connectivity index (χ4n) is 3.13. The van der Waals surface area contributed by atoms with E-state index in [1.165, 1.54) is 32.1 Å². The summed E-state index contributed by atoms with van der Waals surface area (Å²) in [6.45, 7) is 3.04. The Hall–Kier alpha value is -1.35. The van der Waals surface area contributed by atoms with Gasteiger partial charge in [-0.1, -0.05) is 19.3 Å². The largest absolute Gasteiger partial charge is 0.497 e. The van der Waals surface area contributed by atoms with E-state index in [1.54, 1.807) is 7.11 Å². The number of carbonyl (C=O) groups excluding carboxylic acids is 1. The molecule has 3 heteroatoms. The van der Waals surface area contributed by atoms with Gasteiger partial charge in [0.15, 0.2) is 5.78 Å². The standard InChI is InChI=1S/C18H27NO2/c1-14(19(2)13-15-7-5-4-6-8-15)18(20)16-9-11-17(21-3)12-10-16/h9-12,14-15H,4-8,13H2,1-3H3. The molecule has 21 heavy (non-hydrogen) atoms. The van der Waals surface area contributed by atoms with Gasteiger partial charge in [0.1, 0.15) is 5.75 Å². The average Bonchev–Trinajstić information content (AvgIpc) is 2.54. The number of carbonyl (C=O) groups is 1. The first kappa shape index (κ1) is 16.0. The maximum Gasteiger partial charge on any atom is 0.179 e. The second kappa shape index (κ2) is 7.60. The fraction of sp³-hybridized carbons (Fsp3) is 0.611. The molecule has 3 nitrogen and oxygen atoms in total. The van der Waals surface area contributed by atoms with Gasteiger partial charge in [-0.3, -0.25) is 9.69 Å². The molecule has 1 unspecified atom stereocenters. The van der Waals surface area contributed by atoms with Crippen LogP contribution in [0.5, 0.6) is 5.75 Å². The van der Waals surface area contributed by atoms with Gasteiger partial charge in [0.05, 0.1) is 13.2 Å². The minimum atomic E-state index is -0.0691. The Morgan fingerprint density at radius 2 is 1.86 bits per heavy atom. The number of hydrogen-bond acceptors (Lipinski definition) is 3. The first-order chi connectivity index (χ1) is 10.1. The second-order valence-corrected chi connectivity index (χ2v) is 6.21. The summed E-state index contributed by atoms with van der Waals surface area (Å²) < 4.78 is 5.14. The monoisotopic (exact) mass is 289 g/mol. The van der Waals surface area contributed by atoms with Crippen molar-refractivity contribution < 1.29 is 9.53 Å². The molecule has 1 saturated carbocycles. The minimum absolute atomic E-state index is 0.0691. The molecule has 0 amide bonds. The minimum Gasteiger partial charge on any atom is -0.497 e. The smallest absolute Gasteiger partial charge is 0.179 e. The first-order valence-electron chi connectivity index (χ1n) is 8.00. The molecular formula is C18H27NO2. The molecule has 1 atom stereocenters. The Morgan fingerprint density at radius 1 is 1.24 bits per heavy atom. The Kier molecular flexibility index (Phi) is 5.80. The van der Waals surface area contributed by atoms with Crippen LogP contribution in [0, 0.1) is 5.92 Å². The zero-order valence-corrected chi connectivity index (χ0v) is 13.5. The Morgan fingerprint density at radius 3 is 2.43 bits per heavy atom. The average molecular weight is 289 g/mol. The lowest BCUT2D eigenvalue weighted by Crippen LogP contribution is -2.39. The van der Waals surface area contributed by atoms with E-state index in [1.807, 2.05) is 31.2 Å². The summed E-state index contributed by atoms with van der Waals surface area (Å²) in [6, 6.07) is 7.33. The predicted molar refractivity (Wildman–Crippen MR) is 86.0 cm³/mol. The van der Waals surface area contributed by atoms with Gasteiger partial charge in [-0.05, 0) is 57.0 Å². The summed E-state index contributed by atoms with van der Waals surface area (Å²) in [6.07, 6.45) is 6.70. The number of methoxy groups -OCH3 is 1. The highest BCUT2D eigenvalue weighted by Crippen LogP contribution is 2.25. The molecule has 116 valence electrons. The van der Waals surface area contributed by atoms with Gasteiger partial charge in [-0.2, -0.15) is 0 Å². The van der Waals surface area contributed by atoms with Gasteiger partial charge in [0.2, 0.25) is 0 Å². The van der Waals surface area contributed by atoms with Crippen LogP contribution in [-0.4, -0.2) is 37.4 Å². The van der Waals surface area contributed by atoms with Gasteiger partial charge in [-0.15, -0.1) is 0 Å². The van der Waals surface area contributed by atoms with Crippen molar-refractivity contribution in [2.24, 2.45) is 5.92 Å². The lowest BCUT2D eigenvalue weighted by atomic mass is 9.88. The number of likely N-dealkylation sites (N-methyl/N-ethyl adjacent to an activating group) is 1. The molecule has 1 aliphatic rings. The summed E-state index contributed by atoms with van der Waals surface area (Å²) >= 11 is 0. The molecule has 0 radical (unpaired) electrons. The highest BCUT2D eigenvalue weighted by molar-refractivity contribution is 5.99. The zero-order valence-electron chi connectivity index (χ0n) is 13.5. The Labute approximate surface area is 128 Å². The SMILES string of the molecule is COc1ccc(C(=O)C(C)N(C)CC2CCCCC2)cc1. The van der Waals surface area contributed by atoms with Crippen molar-refractivity contribution in [3.05, 3.63) is 29.8 Å². The van der Waals surface area contributed by atoms with E-state index in [4.69, 9.17) is 4.74 Å². The molecule has 1 aromatic rings. The van der Waals surface area contributed by atoms with Gasteiger partial charge >= 0.3 is 0 Å². The van der Waals surface area contributed by atoms with Gasteiger partial charge in [0, 0.05) is 12.1 Å². The normalized spacial score (nSPS) is 17.7. The Balaban J connectivity index is 1.93. The van der Waals surface area contributed by atoms with Crippen molar-refractivity contribution in [2.75, 3.05) is 20.7 Å². The lowest BCUT2D eigenvalue weighted by molar-refractivity contribution is 0.0842. The van der Waals surface area contributed by atoms with Crippen molar-refractivity contribution in [3.8, 4) is 5.75 Å². The number of benzene rings is 1. The van der Waals surface area contributed by atoms with Crippen LogP contribution in [0.3, 0.4) is 0 Å². The van der Waals surface area contributed by atoms with E-state index in [0.29, 0.717) is 0 Å². The molecule has 0 bridgehead atoms. The summed E-state index contributed by atoms with van der Waals surface area (Å²) in [5.74, 6) is 1.74. The van der Waals surface area contributed by atoms with Crippen LogP contribution in [0.2, 0.25) is 0 Å². The van der Waals surface area contributed by atoms with Crippen molar-refractivity contribution in [1.82, 2.24) is 4.90 Å². The molecule has 0 heterocycles. The van der Waals surface area contributed by atoms with Crippen LogP contribution in [0.4, 0.5) is 0 Å². The molecule has 1 fully saturated rings. The number of Topliss-reactive ketones (excluding diaryl/α,β-unsaturated/α-hetero) is 1. The van der Waals surface area contributed by atoms with Crippen LogP contribution in [0.25, 0.3) is 0 Å². The first-order valence-corrected chi connectivity index (χ1v) is 8.00. The zero-order chi connectivity index (χ0) is 15.2. The molecule has 0 spiro atoms. The van der Waals surface area contributed by atoms with E-state index in [9.17, 15) is 4.79 Å². The van der Waals surface area contributed by atoms with E-state index in [-0.39, 0.29) is 11.8 Å². The van der Waals surface area contributed by atoms with Crippen LogP contribution in [0.1, 0.15) is 49.4 Å². The van der Waals surface area contributed by atoms with Crippen LogP contribution >= 0.6 is 0 Å². The third-order valence-electron chi connectivity index (χ3n) is 4.69. The highest BCUT2D eigenvalue weighted by atomic mass is 16.5. The second-order valence-electron chi connectivity index (χ2n) is 6.21. The van der Waals surface area contributed by atoms with E-state index in [2.05, 4.69) is 11.9 Å². The van der Waals surface area contributed by atoms with Gasteiger partial charge < -0.3 is 4.74 Å². The topological polar surface area (TPSA) is 29.5 Å².